The maximum absolute atomic E-state index is 13.0. The van der Waals surface area contributed by atoms with E-state index in [1.165, 1.54) is 7.11 Å². The molecule has 0 saturated carbocycles. The Balaban J connectivity index is 2.51. The van der Waals surface area contributed by atoms with Gasteiger partial charge in [-0.1, -0.05) is 12.5 Å². The van der Waals surface area contributed by atoms with Crippen LogP contribution in [-0.2, 0) is 10.0 Å². The minimum atomic E-state index is -3.52. The Morgan fingerprint density at radius 3 is 2.35 bits per heavy atom. The van der Waals surface area contributed by atoms with E-state index in [-0.39, 0.29) is 17.0 Å². The first kappa shape index (κ1) is 15.3. The van der Waals surface area contributed by atoms with E-state index in [0.717, 1.165) is 24.8 Å². The molecule has 0 unspecified atom stereocenters. The van der Waals surface area contributed by atoms with Crippen molar-refractivity contribution >= 4 is 10.0 Å². The summed E-state index contributed by atoms with van der Waals surface area (Å²) in [7, 11) is -2.01. The van der Waals surface area contributed by atoms with Gasteiger partial charge in [0.1, 0.15) is 10.6 Å². The van der Waals surface area contributed by atoms with Gasteiger partial charge in [0.05, 0.1) is 7.11 Å². The molecule has 112 valence electrons. The number of hydrogen-bond acceptors (Lipinski definition) is 3. The van der Waals surface area contributed by atoms with Crippen LogP contribution in [0.2, 0.25) is 0 Å². The summed E-state index contributed by atoms with van der Waals surface area (Å²) < 4.78 is 32.9. The highest BCUT2D eigenvalue weighted by Gasteiger charge is 2.37. The van der Waals surface area contributed by atoms with Crippen molar-refractivity contribution in [2.75, 3.05) is 7.11 Å². The van der Waals surface area contributed by atoms with Gasteiger partial charge in [-0.25, -0.2) is 8.42 Å². The van der Waals surface area contributed by atoms with Crippen molar-refractivity contribution in [2.45, 2.75) is 57.0 Å². The van der Waals surface area contributed by atoms with Crippen LogP contribution in [0.3, 0.4) is 0 Å². The van der Waals surface area contributed by atoms with Crippen LogP contribution >= 0.6 is 0 Å². The zero-order valence-electron chi connectivity index (χ0n) is 12.6. The lowest BCUT2D eigenvalue weighted by atomic mass is 10.0. The van der Waals surface area contributed by atoms with Gasteiger partial charge in [0.15, 0.2) is 0 Å². The van der Waals surface area contributed by atoms with Crippen LogP contribution in [0.15, 0.2) is 23.1 Å². The number of aryl methyl sites for hydroxylation is 1. The first-order chi connectivity index (χ1) is 9.37. The summed E-state index contributed by atoms with van der Waals surface area (Å²) in [6, 6.07) is 5.35. The second-order valence-corrected chi connectivity index (χ2v) is 7.43. The molecule has 1 aromatic rings. The lowest BCUT2D eigenvalue weighted by Gasteiger charge is -2.37. The Morgan fingerprint density at radius 2 is 1.80 bits per heavy atom. The van der Waals surface area contributed by atoms with Gasteiger partial charge in [-0.2, -0.15) is 4.31 Å². The smallest absolute Gasteiger partial charge is 0.247 e. The van der Waals surface area contributed by atoms with Crippen LogP contribution in [0, 0.1) is 6.92 Å². The number of sulfonamides is 1. The van der Waals surface area contributed by atoms with Crippen molar-refractivity contribution < 1.29 is 13.2 Å². The first-order valence-corrected chi connectivity index (χ1v) is 8.50. The van der Waals surface area contributed by atoms with Crippen molar-refractivity contribution in [1.29, 1.82) is 0 Å². The second kappa shape index (κ2) is 5.74. The zero-order chi connectivity index (χ0) is 14.9. The van der Waals surface area contributed by atoms with Crippen LogP contribution in [0.5, 0.6) is 5.75 Å². The Hall–Kier alpha value is -1.07. The van der Waals surface area contributed by atoms with Crippen molar-refractivity contribution in [3.05, 3.63) is 23.8 Å². The summed E-state index contributed by atoms with van der Waals surface area (Å²) >= 11 is 0. The van der Waals surface area contributed by atoms with Gasteiger partial charge in [0, 0.05) is 12.1 Å². The summed E-state index contributed by atoms with van der Waals surface area (Å²) in [5.41, 5.74) is 0.918. The minimum Gasteiger partial charge on any atom is -0.495 e. The standard InChI is InChI=1S/C15H23NO3S/c1-11-8-9-14(19-4)15(10-11)20(17,18)16-12(2)6-5-7-13(16)3/h8-10,12-13H,5-7H2,1-4H3/t12-,13-/m0/s1. The number of piperidine rings is 1. The number of benzene rings is 1. The lowest BCUT2D eigenvalue weighted by Crippen LogP contribution is -2.47. The third kappa shape index (κ3) is 2.69. The fourth-order valence-electron chi connectivity index (χ4n) is 2.97. The van der Waals surface area contributed by atoms with Gasteiger partial charge in [-0.05, 0) is 51.3 Å². The molecule has 1 fully saturated rings. The number of rotatable bonds is 3. The molecule has 1 heterocycles. The highest BCUT2D eigenvalue weighted by atomic mass is 32.2. The number of nitrogens with zero attached hydrogens (tertiary/aromatic N) is 1. The Kier molecular flexibility index (Phi) is 4.39. The fourth-order valence-corrected chi connectivity index (χ4v) is 5.10. The van der Waals surface area contributed by atoms with E-state index in [0.29, 0.717) is 5.75 Å². The molecule has 0 N–H and O–H groups in total. The molecule has 0 radical (unpaired) electrons. The van der Waals surface area contributed by atoms with E-state index >= 15 is 0 Å². The van der Waals surface area contributed by atoms with Crippen LogP contribution in [0.1, 0.15) is 38.7 Å². The average molecular weight is 297 g/mol. The Labute approximate surface area is 121 Å². The van der Waals surface area contributed by atoms with Gasteiger partial charge in [-0.3, -0.25) is 0 Å². The van der Waals surface area contributed by atoms with Gasteiger partial charge in [-0.15, -0.1) is 0 Å². The van der Waals surface area contributed by atoms with Crippen LogP contribution in [0.4, 0.5) is 0 Å². The largest absolute Gasteiger partial charge is 0.495 e. The molecule has 20 heavy (non-hydrogen) atoms. The van der Waals surface area contributed by atoms with Gasteiger partial charge in [0.25, 0.3) is 0 Å². The molecule has 1 saturated heterocycles. The molecule has 1 aromatic carbocycles. The topological polar surface area (TPSA) is 46.6 Å². The van der Waals surface area contributed by atoms with Gasteiger partial charge < -0.3 is 4.74 Å². The van der Waals surface area contributed by atoms with Gasteiger partial charge >= 0.3 is 0 Å². The van der Waals surface area contributed by atoms with Crippen LogP contribution < -0.4 is 4.74 Å². The molecule has 2 rings (SSSR count). The molecule has 4 nitrogen and oxygen atoms in total. The van der Waals surface area contributed by atoms with E-state index < -0.39 is 10.0 Å². The summed E-state index contributed by atoms with van der Waals surface area (Å²) in [5.74, 6) is 0.417. The molecular formula is C15H23NO3S. The van der Waals surface area contributed by atoms with Crippen molar-refractivity contribution in [2.24, 2.45) is 0 Å². The van der Waals surface area contributed by atoms with E-state index in [1.807, 2.05) is 26.8 Å². The third-order valence-electron chi connectivity index (χ3n) is 3.99. The monoisotopic (exact) mass is 297 g/mol. The third-order valence-corrected chi connectivity index (χ3v) is 6.14. The van der Waals surface area contributed by atoms with Crippen molar-refractivity contribution in [3.63, 3.8) is 0 Å². The van der Waals surface area contributed by atoms with Gasteiger partial charge in [0.2, 0.25) is 10.0 Å². The van der Waals surface area contributed by atoms with Crippen LogP contribution in [0.25, 0.3) is 0 Å². The summed E-state index contributed by atoms with van der Waals surface area (Å²) in [6.07, 6.45) is 2.91. The fraction of sp³-hybridized carbons (Fsp3) is 0.600. The molecule has 0 spiro atoms. The number of methoxy groups -OCH3 is 1. The number of ether oxygens (including phenoxy) is 1. The van der Waals surface area contributed by atoms with Crippen molar-refractivity contribution in [1.82, 2.24) is 4.31 Å². The number of hydrogen-bond donors (Lipinski definition) is 0. The highest BCUT2D eigenvalue weighted by molar-refractivity contribution is 7.89. The molecule has 5 heteroatoms. The Morgan fingerprint density at radius 1 is 1.20 bits per heavy atom. The minimum absolute atomic E-state index is 0.0361. The summed E-state index contributed by atoms with van der Waals surface area (Å²) in [5, 5.41) is 0. The zero-order valence-corrected chi connectivity index (χ0v) is 13.4. The molecule has 0 amide bonds. The molecule has 2 atom stereocenters. The maximum atomic E-state index is 13.0. The Bertz CT molecular complexity index is 573. The SMILES string of the molecule is COc1ccc(C)cc1S(=O)(=O)N1[C@@H](C)CCC[C@@H]1C. The molecule has 1 aliphatic rings. The quantitative estimate of drug-likeness (QED) is 0.861. The molecule has 0 aliphatic carbocycles. The summed E-state index contributed by atoms with van der Waals surface area (Å²) in [4.78, 5) is 0.278. The van der Waals surface area contributed by atoms with E-state index in [9.17, 15) is 8.42 Å². The predicted molar refractivity (Wildman–Crippen MR) is 79.5 cm³/mol. The van der Waals surface area contributed by atoms with E-state index in [1.54, 1.807) is 16.4 Å². The normalized spacial score (nSPS) is 24.6. The molecule has 0 aromatic heterocycles. The van der Waals surface area contributed by atoms with E-state index in [2.05, 4.69) is 0 Å². The average Bonchev–Trinajstić information content (AvgIpc) is 2.38. The van der Waals surface area contributed by atoms with Crippen molar-refractivity contribution in [3.8, 4) is 5.75 Å². The second-order valence-electron chi connectivity index (χ2n) is 5.62. The highest BCUT2D eigenvalue weighted by Crippen LogP contribution is 2.33. The molecule has 0 bridgehead atoms. The first-order valence-electron chi connectivity index (χ1n) is 7.06. The van der Waals surface area contributed by atoms with Crippen LogP contribution in [-0.4, -0.2) is 31.9 Å². The summed E-state index contributed by atoms with van der Waals surface area (Å²) in [6.45, 7) is 5.85. The van der Waals surface area contributed by atoms with E-state index in [4.69, 9.17) is 4.74 Å². The lowest BCUT2D eigenvalue weighted by molar-refractivity contribution is 0.203. The maximum Gasteiger partial charge on any atom is 0.247 e. The predicted octanol–water partition coefficient (Wildman–Crippen LogP) is 2.96. The molecular weight excluding hydrogens is 274 g/mol. The molecule has 1 aliphatic heterocycles.